The number of hydrogen-bond donors (Lipinski definition) is 0. The lowest BCUT2D eigenvalue weighted by molar-refractivity contribution is 0.0750. The predicted octanol–water partition coefficient (Wildman–Crippen LogP) is 3.43. The number of amides is 1. The van der Waals surface area contributed by atoms with Crippen LogP contribution >= 0.6 is 11.3 Å². The molecule has 0 atom stereocenters. The number of anilines is 1. The van der Waals surface area contributed by atoms with E-state index >= 15 is 0 Å². The van der Waals surface area contributed by atoms with E-state index in [1.54, 1.807) is 23.5 Å². The Bertz CT molecular complexity index is 746. The second-order valence-electron chi connectivity index (χ2n) is 6.50. The first-order chi connectivity index (χ1) is 11.6. The summed E-state index contributed by atoms with van der Waals surface area (Å²) >= 11 is 1.57. The van der Waals surface area contributed by atoms with Crippen LogP contribution in [0.4, 0.5) is 10.1 Å². The van der Waals surface area contributed by atoms with Crippen molar-refractivity contribution in [2.45, 2.75) is 25.7 Å². The van der Waals surface area contributed by atoms with Crippen molar-refractivity contribution in [3.63, 3.8) is 0 Å². The van der Waals surface area contributed by atoms with E-state index in [4.69, 9.17) is 0 Å². The third kappa shape index (κ3) is 3.02. The topological polar surface area (TPSA) is 36.4 Å². The number of carbonyl (C=O) groups excluding carboxylic acids is 1. The minimum atomic E-state index is -0.222. The monoisotopic (exact) mass is 345 g/mol. The van der Waals surface area contributed by atoms with E-state index in [2.05, 4.69) is 9.88 Å². The Balaban J connectivity index is 1.41. The van der Waals surface area contributed by atoms with Crippen molar-refractivity contribution in [3.8, 4) is 0 Å². The van der Waals surface area contributed by atoms with Crippen LogP contribution in [0.25, 0.3) is 0 Å². The predicted molar refractivity (Wildman–Crippen MR) is 93.3 cm³/mol. The molecule has 2 aliphatic rings. The third-order valence-electron chi connectivity index (χ3n) is 4.69. The van der Waals surface area contributed by atoms with E-state index in [1.165, 1.54) is 25.0 Å². The van der Waals surface area contributed by atoms with Crippen LogP contribution in [0.1, 0.15) is 39.1 Å². The second kappa shape index (κ2) is 6.16. The molecule has 2 aromatic rings. The summed E-state index contributed by atoms with van der Waals surface area (Å²) in [5, 5.41) is 1.13. The largest absolute Gasteiger partial charge is 0.368 e. The molecule has 0 radical (unpaired) electrons. The number of aromatic nitrogens is 1. The molecular formula is C18H20FN3OS. The standard InChI is InChI=1S/C18H20FN3OS/c1-12-16(24-17(20-12)13-2-3-13)18(23)22-10-8-21(9-11-22)15-6-4-14(19)5-7-15/h4-7,13H,2-3,8-11H2,1H3. The van der Waals surface area contributed by atoms with Gasteiger partial charge < -0.3 is 9.80 Å². The minimum absolute atomic E-state index is 0.107. The molecule has 1 saturated carbocycles. The highest BCUT2D eigenvalue weighted by Crippen LogP contribution is 2.42. The van der Waals surface area contributed by atoms with Gasteiger partial charge in [-0.3, -0.25) is 4.79 Å². The van der Waals surface area contributed by atoms with Gasteiger partial charge in [0.1, 0.15) is 10.7 Å². The van der Waals surface area contributed by atoms with Crippen LogP contribution in [0.3, 0.4) is 0 Å². The molecule has 0 spiro atoms. The average Bonchev–Trinajstić information content (AvgIpc) is 3.38. The summed E-state index contributed by atoms with van der Waals surface area (Å²) in [6.07, 6.45) is 2.41. The summed E-state index contributed by atoms with van der Waals surface area (Å²) in [7, 11) is 0. The highest BCUT2D eigenvalue weighted by atomic mass is 32.1. The van der Waals surface area contributed by atoms with Gasteiger partial charge in [0.15, 0.2) is 0 Å². The number of nitrogens with zero attached hydrogens (tertiary/aromatic N) is 3. The van der Waals surface area contributed by atoms with Crippen molar-refractivity contribution in [3.05, 3.63) is 45.7 Å². The molecule has 2 fully saturated rings. The van der Waals surface area contributed by atoms with Crippen molar-refractivity contribution in [1.82, 2.24) is 9.88 Å². The zero-order valence-corrected chi connectivity index (χ0v) is 14.5. The number of halogens is 1. The van der Waals surface area contributed by atoms with Gasteiger partial charge in [0.05, 0.1) is 10.7 Å². The van der Waals surface area contributed by atoms with Gasteiger partial charge in [-0.25, -0.2) is 9.37 Å². The van der Waals surface area contributed by atoms with E-state index in [0.717, 1.165) is 34.4 Å². The smallest absolute Gasteiger partial charge is 0.265 e. The summed E-state index contributed by atoms with van der Waals surface area (Å²) in [6, 6.07) is 6.55. The summed E-state index contributed by atoms with van der Waals surface area (Å²) in [5.41, 5.74) is 1.88. The van der Waals surface area contributed by atoms with Crippen LogP contribution in [-0.2, 0) is 0 Å². The molecule has 2 heterocycles. The van der Waals surface area contributed by atoms with Crippen LogP contribution < -0.4 is 4.90 Å². The molecule has 4 nitrogen and oxygen atoms in total. The van der Waals surface area contributed by atoms with Gasteiger partial charge in [-0.1, -0.05) is 0 Å². The van der Waals surface area contributed by atoms with Crippen LogP contribution in [0.2, 0.25) is 0 Å². The Labute approximate surface area is 144 Å². The Morgan fingerprint density at radius 3 is 2.46 bits per heavy atom. The molecule has 0 N–H and O–H groups in total. The lowest BCUT2D eigenvalue weighted by atomic mass is 10.2. The molecule has 126 valence electrons. The molecule has 1 aromatic heterocycles. The van der Waals surface area contributed by atoms with Crippen LogP contribution in [0.5, 0.6) is 0 Å². The summed E-state index contributed by atoms with van der Waals surface area (Å²) in [5.74, 6) is 0.473. The fraction of sp³-hybridized carbons (Fsp3) is 0.444. The first-order valence-electron chi connectivity index (χ1n) is 8.39. The number of benzene rings is 1. The Kier molecular flexibility index (Phi) is 4.00. The van der Waals surface area contributed by atoms with Gasteiger partial charge in [0, 0.05) is 37.8 Å². The van der Waals surface area contributed by atoms with Gasteiger partial charge in [0.25, 0.3) is 5.91 Å². The molecule has 4 rings (SSSR count). The van der Waals surface area contributed by atoms with Gasteiger partial charge in [-0.2, -0.15) is 0 Å². The summed E-state index contributed by atoms with van der Waals surface area (Å²) < 4.78 is 13.0. The highest BCUT2D eigenvalue weighted by molar-refractivity contribution is 7.13. The Morgan fingerprint density at radius 1 is 1.17 bits per heavy atom. The van der Waals surface area contributed by atoms with Crippen molar-refractivity contribution in [2.75, 3.05) is 31.1 Å². The molecule has 0 unspecified atom stereocenters. The molecule has 1 amide bonds. The first-order valence-corrected chi connectivity index (χ1v) is 9.20. The lowest BCUT2D eigenvalue weighted by Crippen LogP contribution is -2.48. The van der Waals surface area contributed by atoms with E-state index < -0.39 is 0 Å². The van der Waals surface area contributed by atoms with Crippen molar-refractivity contribution < 1.29 is 9.18 Å². The number of carbonyl (C=O) groups is 1. The number of rotatable bonds is 3. The van der Waals surface area contributed by atoms with E-state index in [-0.39, 0.29) is 11.7 Å². The number of thiazole rings is 1. The maximum absolute atomic E-state index is 13.0. The molecule has 1 aliphatic heterocycles. The first kappa shape index (κ1) is 15.6. The van der Waals surface area contributed by atoms with Crippen molar-refractivity contribution in [1.29, 1.82) is 0 Å². The fourth-order valence-electron chi connectivity index (χ4n) is 3.08. The summed E-state index contributed by atoms with van der Waals surface area (Å²) in [4.78, 5) is 22.3. The fourth-order valence-corrected chi connectivity index (χ4v) is 4.29. The van der Waals surface area contributed by atoms with E-state index in [9.17, 15) is 9.18 Å². The van der Waals surface area contributed by atoms with Crippen LogP contribution in [0.15, 0.2) is 24.3 Å². The van der Waals surface area contributed by atoms with Crippen molar-refractivity contribution >= 4 is 22.9 Å². The van der Waals surface area contributed by atoms with Crippen LogP contribution in [0, 0.1) is 12.7 Å². The zero-order chi connectivity index (χ0) is 16.7. The normalized spacial score (nSPS) is 18.1. The van der Waals surface area contributed by atoms with Gasteiger partial charge in [0.2, 0.25) is 0 Å². The minimum Gasteiger partial charge on any atom is -0.368 e. The zero-order valence-electron chi connectivity index (χ0n) is 13.7. The second-order valence-corrected chi connectivity index (χ2v) is 7.53. The molecule has 6 heteroatoms. The molecule has 1 aromatic carbocycles. The third-order valence-corrected chi connectivity index (χ3v) is 6.00. The van der Waals surface area contributed by atoms with E-state index in [0.29, 0.717) is 19.0 Å². The van der Waals surface area contributed by atoms with E-state index in [1.807, 2.05) is 11.8 Å². The van der Waals surface area contributed by atoms with Crippen molar-refractivity contribution in [2.24, 2.45) is 0 Å². The quantitative estimate of drug-likeness (QED) is 0.855. The van der Waals surface area contributed by atoms with Gasteiger partial charge in [-0.05, 0) is 44.0 Å². The maximum atomic E-state index is 13.0. The molecular weight excluding hydrogens is 325 g/mol. The molecule has 1 saturated heterocycles. The molecule has 0 bridgehead atoms. The van der Waals surface area contributed by atoms with Gasteiger partial charge >= 0.3 is 0 Å². The lowest BCUT2D eigenvalue weighted by Gasteiger charge is -2.36. The summed E-state index contributed by atoms with van der Waals surface area (Å²) in [6.45, 7) is 4.85. The molecule has 1 aliphatic carbocycles. The van der Waals surface area contributed by atoms with Crippen LogP contribution in [-0.4, -0.2) is 42.0 Å². The average molecular weight is 345 g/mol. The maximum Gasteiger partial charge on any atom is 0.265 e. The van der Waals surface area contributed by atoms with Gasteiger partial charge in [-0.15, -0.1) is 11.3 Å². The number of aryl methyl sites for hydroxylation is 1. The SMILES string of the molecule is Cc1nc(C2CC2)sc1C(=O)N1CCN(c2ccc(F)cc2)CC1. The Morgan fingerprint density at radius 2 is 1.83 bits per heavy atom. The highest BCUT2D eigenvalue weighted by Gasteiger charge is 2.31. The number of hydrogen-bond acceptors (Lipinski definition) is 4. The Hall–Kier alpha value is -1.95. The molecule has 24 heavy (non-hydrogen) atoms. The number of piperazine rings is 1.